The number of carboxylic acid groups (broad SMARTS) is 2. The van der Waals surface area contributed by atoms with E-state index in [1.54, 1.807) is 0 Å². The van der Waals surface area contributed by atoms with E-state index in [9.17, 15) is 44.4 Å². The van der Waals surface area contributed by atoms with E-state index in [1.165, 1.54) is 31.2 Å². The van der Waals surface area contributed by atoms with Crippen molar-refractivity contribution in [3.8, 4) is 5.75 Å². The van der Waals surface area contributed by atoms with Crippen molar-refractivity contribution in [2.45, 2.75) is 62.9 Å². The number of carbonyl (C=O) groups is 5. The van der Waals surface area contributed by atoms with Gasteiger partial charge in [-0.25, -0.2) is 4.79 Å². The van der Waals surface area contributed by atoms with Gasteiger partial charge in [0, 0.05) is 13.0 Å². The number of hydrogen-bond acceptors (Lipinski definition) is 9. The number of benzene rings is 1. The van der Waals surface area contributed by atoms with Gasteiger partial charge in [0.25, 0.3) is 0 Å². The molecule has 0 fully saturated rings. The first kappa shape index (κ1) is 32.6. The number of aliphatic hydroxyl groups is 1. The van der Waals surface area contributed by atoms with Crippen LogP contribution in [0.4, 0.5) is 0 Å². The molecule has 0 aliphatic carbocycles. The molecular formula is C23H35N7O9. The first-order valence-corrected chi connectivity index (χ1v) is 11.8. The van der Waals surface area contributed by atoms with Gasteiger partial charge in [0.15, 0.2) is 5.96 Å². The largest absolute Gasteiger partial charge is 0.508 e. The minimum atomic E-state index is -1.68. The average Bonchev–Trinajstić information content (AvgIpc) is 2.84. The number of amides is 3. The molecule has 0 aliphatic heterocycles. The molecule has 0 aliphatic rings. The lowest BCUT2D eigenvalue weighted by Crippen LogP contribution is -2.58. The minimum absolute atomic E-state index is 0.0490. The summed E-state index contributed by atoms with van der Waals surface area (Å²) in [5.41, 5.74) is 16.5. The number of aliphatic carboxylic acids is 2. The second-order valence-corrected chi connectivity index (χ2v) is 8.71. The van der Waals surface area contributed by atoms with Crippen LogP contribution in [-0.2, 0) is 30.4 Å². The van der Waals surface area contributed by atoms with E-state index in [2.05, 4.69) is 20.9 Å². The smallest absolute Gasteiger partial charge is 0.326 e. The minimum Gasteiger partial charge on any atom is -0.508 e. The molecule has 16 nitrogen and oxygen atoms in total. The number of phenolic OH excluding ortho intramolecular Hbond substituents is 1. The molecule has 0 bridgehead atoms. The van der Waals surface area contributed by atoms with Gasteiger partial charge in [-0.1, -0.05) is 12.1 Å². The van der Waals surface area contributed by atoms with Gasteiger partial charge in [0.2, 0.25) is 17.7 Å². The SMILES string of the molecule is CC(O)C(N)C(=O)NC(CC(=O)O)C(=O)NC(Cc1ccc(O)cc1)C(=O)NC(CCCN=C(N)N)C(=O)O. The number of phenols is 1. The Hall–Kier alpha value is -4.44. The van der Waals surface area contributed by atoms with Crippen LogP contribution in [0, 0.1) is 0 Å². The summed E-state index contributed by atoms with van der Waals surface area (Å²) in [4.78, 5) is 65.1. The second-order valence-electron chi connectivity index (χ2n) is 8.71. The maximum Gasteiger partial charge on any atom is 0.326 e. The van der Waals surface area contributed by atoms with E-state index >= 15 is 0 Å². The Balaban J connectivity index is 3.15. The Morgan fingerprint density at radius 1 is 0.897 bits per heavy atom. The summed E-state index contributed by atoms with van der Waals surface area (Å²) in [5.74, 6) is -6.03. The zero-order valence-electron chi connectivity index (χ0n) is 21.2. The number of nitrogens with zero attached hydrogens (tertiary/aromatic N) is 1. The molecular weight excluding hydrogens is 518 g/mol. The molecule has 13 N–H and O–H groups in total. The predicted octanol–water partition coefficient (Wildman–Crippen LogP) is -3.29. The fourth-order valence-electron chi connectivity index (χ4n) is 3.25. The standard InChI is InChI=1S/C23H35N7O9/c1-11(31)18(24)21(37)30-16(10-17(33)34)20(36)29-15(9-12-4-6-13(32)7-5-12)19(35)28-14(22(38)39)3-2-8-27-23(25)26/h4-7,11,14-16,18,31-32H,2-3,8-10,24H2,1H3,(H,28,35)(H,29,36)(H,30,37)(H,33,34)(H,38,39)(H4,25,26,27). The van der Waals surface area contributed by atoms with Crippen molar-refractivity contribution in [3.63, 3.8) is 0 Å². The van der Waals surface area contributed by atoms with Gasteiger partial charge in [-0.05, 0) is 37.5 Å². The lowest BCUT2D eigenvalue weighted by atomic mass is 10.0. The van der Waals surface area contributed by atoms with Crippen LogP contribution in [0.2, 0.25) is 0 Å². The molecule has 5 unspecified atom stereocenters. The number of guanidine groups is 1. The molecule has 0 radical (unpaired) electrons. The first-order valence-electron chi connectivity index (χ1n) is 11.8. The molecule has 0 aromatic heterocycles. The van der Waals surface area contributed by atoms with Crippen molar-refractivity contribution < 1.29 is 44.4 Å². The number of carboxylic acids is 2. The van der Waals surface area contributed by atoms with Gasteiger partial charge in [-0.3, -0.25) is 24.2 Å². The first-order chi connectivity index (χ1) is 18.2. The molecule has 0 saturated carbocycles. The molecule has 0 heterocycles. The van der Waals surface area contributed by atoms with Crippen LogP contribution in [0.5, 0.6) is 5.75 Å². The predicted molar refractivity (Wildman–Crippen MR) is 137 cm³/mol. The van der Waals surface area contributed by atoms with E-state index in [1.807, 2.05) is 0 Å². The molecule has 216 valence electrons. The number of nitrogens with two attached hydrogens (primary N) is 3. The van der Waals surface area contributed by atoms with E-state index in [0.29, 0.717) is 5.56 Å². The molecule has 16 heteroatoms. The maximum absolute atomic E-state index is 13.1. The fraction of sp³-hybridized carbons (Fsp3) is 0.478. The van der Waals surface area contributed by atoms with Gasteiger partial charge >= 0.3 is 11.9 Å². The van der Waals surface area contributed by atoms with Gasteiger partial charge in [0.05, 0.1) is 12.5 Å². The monoisotopic (exact) mass is 553 g/mol. The van der Waals surface area contributed by atoms with Crippen LogP contribution in [0.1, 0.15) is 31.7 Å². The summed E-state index contributed by atoms with van der Waals surface area (Å²) in [6, 6.07) is -0.329. The van der Waals surface area contributed by atoms with Gasteiger partial charge < -0.3 is 53.6 Å². The van der Waals surface area contributed by atoms with E-state index in [-0.39, 0.29) is 37.5 Å². The number of hydrogen-bond donors (Lipinski definition) is 10. The number of rotatable bonds is 16. The van der Waals surface area contributed by atoms with Crippen molar-refractivity contribution in [2.24, 2.45) is 22.2 Å². The van der Waals surface area contributed by atoms with Gasteiger partial charge in [-0.15, -0.1) is 0 Å². The Kier molecular flexibility index (Phi) is 13.1. The lowest BCUT2D eigenvalue weighted by molar-refractivity contribution is -0.143. The highest BCUT2D eigenvalue weighted by Gasteiger charge is 2.32. The summed E-state index contributed by atoms with van der Waals surface area (Å²) < 4.78 is 0. The third kappa shape index (κ3) is 12.1. The summed E-state index contributed by atoms with van der Waals surface area (Å²) in [7, 11) is 0. The summed E-state index contributed by atoms with van der Waals surface area (Å²) in [5, 5.41) is 44.6. The number of aromatic hydroxyl groups is 1. The number of aliphatic imine (C=N–C) groups is 1. The molecule has 1 rings (SSSR count). The van der Waals surface area contributed by atoms with Crippen molar-refractivity contribution in [1.29, 1.82) is 0 Å². The zero-order valence-corrected chi connectivity index (χ0v) is 21.2. The Labute approximate surface area is 223 Å². The van der Waals surface area contributed by atoms with Crippen molar-refractivity contribution >= 4 is 35.6 Å². The van der Waals surface area contributed by atoms with E-state index in [0.717, 1.165) is 0 Å². The van der Waals surface area contributed by atoms with E-state index in [4.69, 9.17) is 17.2 Å². The number of aliphatic hydroxyl groups excluding tert-OH is 1. The summed E-state index contributed by atoms with van der Waals surface area (Å²) >= 11 is 0. The fourth-order valence-corrected chi connectivity index (χ4v) is 3.25. The third-order valence-electron chi connectivity index (χ3n) is 5.40. The molecule has 3 amide bonds. The number of carbonyl (C=O) groups excluding carboxylic acids is 3. The Bertz CT molecular complexity index is 1040. The molecule has 39 heavy (non-hydrogen) atoms. The van der Waals surface area contributed by atoms with Crippen LogP contribution in [0.3, 0.4) is 0 Å². The Morgan fingerprint density at radius 3 is 1.95 bits per heavy atom. The summed E-state index contributed by atoms with van der Waals surface area (Å²) in [6.45, 7) is 1.34. The van der Waals surface area contributed by atoms with E-state index < -0.39 is 66.4 Å². The third-order valence-corrected chi connectivity index (χ3v) is 5.40. The van der Waals surface area contributed by atoms with Gasteiger partial charge in [-0.2, -0.15) is 0 Å². The Morgan fingerprint density at radius 2 is 1.44 bits per heavy atom. The maximum atomic E-state index is 13.1. The molecule has 1 aromatic carbocycles. The average molecular weight is 554 g/mol. The van der Waals surface area contributed by atoms with Crippen LogP contribution in [0.15, 0.2) is 29.3 Å². The highest BCUT2D eigenvalue weighted by molar-refractivity contribution is 5.95. The van der Waals surface area contributed by atoms with Crippen molar-refractivity contribution in [1.82, 2.24) is 16.0 Å². The molecule has 1 aromatic rings. The highest BCUT2D eigenvalue weighted by Crippen LogP contribution is 2.12. The van der Waals surface area contributed by atoms with Crippen LogP contribution < -0.4 is 33.2 Å². The van der Waals surface area contributed by atoms with Crippen LogP contribution >= 0.6 is 0 Å². The van der Waals surface area contributed by atoms with Crippen molar-refractivity contribution in [3.05, 3.63) is 29.8 Å². The topological polar surface area (TPSA) is 293 Å². The molecule has 0 spiro atoms. The summed E-state index contributed by atoms with van der Waals surface area (Å²) in [6.07, 6.45) is -2.20. The zero-order chi connectivity index (χ0) is 29.7. The quantitative estimate of drug-likeness (QED) is 0.0547. The highest BCUT2D eigenvalue weighted by atomic mass is 16.4. The molecule has 0 saturated heterocycles. The number of nitrogens with one attached hydrogen (secondary N) is 3. The van der Waals surface area contributed by atoms with Crippen LogP contribution in [0.25, 0.3) is 0 Å². The normalized spacial score (nSPS) is 14.5. The molecule has 5 atom stereocenters. The van der Waals surface area contributed by atoms with Crippen molar-refractivity contribution in [2.75, 3.05) is 6.54 Å². The van der Waals surface area contributed by atoms with Crippen LogP contribution in [-0.4, -0.2) is 92.9 Å². The second kappa shape index (κ2) is 15.7. The lowest BCUT2D eigenvalue weighted by Gasteiger charge is -2.25. The van der Waals surface area contributed by atoms with Gasteiger partial charge in [0.1, 0.15) is 29.9 Å².